The minimum absolute atomic E-state index is 0.208. The highest BCUT2D eigenvalue weighted by molar-refractivity contribution is 5.97. The Hall–Kier alpha value is -2.31. The SMILES string of the molecule is Cc1noc(C)c1CNC(=O)c1n[nH]c(C)c1N. The number of aryl methyl sites for hydroxylation is 3. The summed E-state index contributed by atoms with van der Waals surface area (Å²) in [4.78, 5) is 11.9. The van der Waals surface area contributed by atoms with E-state index in [1.165, 1.54) is 0 Å². The van der Waals surface area contributed by atoms with Gasteiger partial charge in [0.15, 0.2) is 5.69 Å². The Morgan fingerprint density at radius 1 is 1.44 bits per heavy atom. The molecule has 0 atom stereocenters. The summed E-state index contributed by atoms with van der Waals surface area (Å²) in [7, 11) is 0. The van der Waals surface area contributed by atoms with Gasteiger partial charge in [-0.15, -0.1) is 0 Å². The molecule has 7 nitrogen and oxygen atoms in total. The van der Waals surface area contributed by atoms with Crippen LogP contribution in [0.4, 0.5) is 5.69 Å². The van der Waals surface area contributed by atoms with Crippen molar-refractivity contribution in [2.24, 2.45) is 0 Å². The molecule has 18 heavy (non-hydrogen) atoms. The third kappa shape index (κ3) is 2.06. The summed E-state index contributed by atoms with van der Waals surface area (Å²) in [5.41, 5.74) is 8.61. The van der Waals surface area contributed by atoms with Gasteiger partial charge in [-0.2, -0.15) is 5.10 Å². The van der Waals surface area contributed by atoms with Crippen molar-refractivity contribution in [3.05, 3.63) is 28.4 Å². The number of aromatic nitrogens is 3. The van der Waals surface area contributed by atoms with Crippen molar-refractivity contribution in [2.45, 2.75) is 27.3 Å². The van der Waals surface area contributed by atoms with Crippen LogP contribution in [0.15, 0.2) is 4.52 Å². The average molecular weight is 249 g/mol. The topological polar surface area (TPSA) is 110 Å². The minimum Gasteiger partial charge on any atom is -0.395 e. The van der Waals surface area contributed by atoms with Gasteiger partial charge in [0, 0.05) is 12.1 Å². The minimum atomic E-state index is -0.322. The van der Waals surface area contributed by atoms with E-state index in [1.807, 2.05) is 6.92 Å². The highest BCUT2D eigenvalue weighted by Crippen LogP contribution is 2.14. The number of nitrogens with zero attached hydrogens (tertiary/aromatic N) is 2. The molecule has 2 heterocycles. The monoisotopic (exact) mass is 249 g/mol. The molecule has 7 heteroatoms. The van der Waals surface area contributed by atoms with E-state index >= 15 is 0 Å². The van der Waals surface area contributed by atoms with Gasteiger partial charge in [0.2, 0.25) is 0 Å². The van der Waals surface area contributed by atoms with Crippen molar-refractivity contribution in [1.82, 2.24) is 20.7 Å². The van der Waals surface area contributed by atoms with E-state index in [0.717, 1.165) is 11.3 Å². The lowest BCUT2D eigenvalue weighted by atomic mass is 10.2. The van der Waals surface area contributed by atoms with Crippen LogP contribution in [0, 0.1) is 20.8 Å². The lowest BCUT2D eigenvalue weighted by Gasteiger charge is -2.03. The number of nitrogen functional groups attached to an aromatic ring is 1. The molecule has 0 bridgehead atoms. The van der Waals surface area contributed by atoms with E-state index in [4.69, 9.17) is 10.3 Å². The van der Waals surface area contributed by atoms with Crippen molar-refractivity contribution >= 4 is 11.6 Å². The van der Waals surface area contributed by atoms with E-state index in [9.17, 15) is 4.79 Å². The number of hydrogen-bond donors (Lipinski definition) is 3. The molecule has 0 aromatic carbocycles. The number of carbonyl (C=O) groups excluding carboxylic acids is 1. The number of anilines is 1. The van der Waals surface area contributed by atoms with Gasteiger partial charge in [0.1, 0.15) is 5.76 Å². The van der Waals surface area contributed by atoms with E-state index in [0.29, 0.717) is 23.7 Å². The van der Waals surface area contributed by atoms with Crippen molar-refractivity contribution in [1.29, 1.82) is 0 Å². The molecule has 0 spiro atoms. The predicted octanol–water partition coefficient (Wildman–Crippen LogP) is 0.835. The second-order valence-electron chi connectivity index (χ2n) is 4.10. The highest BCUT2D eigenvalue weighted by atomic mass is 16.5. The lowest BCUT2D eigenvalue weighted by molar-refractivity contribution is 0.0946. The maximum atomic E-state index is 11.9. The normalized spacial score (nSPS) is 10.6. The van der Waals surface area contributed by atoms with Gasteiger partial charge in [-0.1, -0.05) is 5.16 Å². The summed E-state index contributed by atoms with van der Waals surface area (Å²) in [6, 6.07) is 0. The number of carbonyl (C=O) groups is 1. The van der Waals surface area contributed by atoms with Crippen molar-refractivity contribution in [2.75, 3.05) is 5.73 Å². The van der Waals surface area contributed by atoms with E-state index < -0.39 is 0 Å². The molecule has 0 saturated carbocycles. The van der Waals surface area contributed by atoms with Gasteiger partial charge in [-0.25, -0.2) is 0 Å². The summed E-state index contributed by atoms with van der Waals surface area (Å²) in [6.07, 6.45) is 0. The first-order valence-electron chi connectivity index (χ1n) is 5.51. The van der Waals surface area contributed by atoms with E-state index in [-0.39, 0.29) is 11.6 Å². The lowest BCUT2D eigenvalue weighted by Crippen LogP contribution is -2.24. The number of H-pyrrole nitrogens is 1. The molecular weight excluding hydrogens is 234 g/mol. The molecule has 2 aromatic heterocycles. The molecule has 0 aliphatic carbocycles. The first-order valence-corrected chi connectivity index (χ1v) is 5.51. The van der Waals surface area contributed by atoms with Crippen molar-refractivity contribution in [3.8, 4) is 0 Å². The Labute approximate surface area is 104 Å². The third-order valence-corrected chi connectivity index (χ3v) is 2.82. The first kappa shape index (κ1) is 12.2. The fourth-order valence-corrected chi connectivity index (χ4v) is 1.62. The maximum absolute atomic E-state index is 11.9. The zero-order valence-corrected chi connectivity index (χ0v) is 10.5. The Morgan fingerprint density at radius 2 is 2.17 bits per heavy atom. The number of amides is 1. The van der Waals surface area contributed by atoms with Gasteiger partial charge < -0.3 is 15.6 Å². The van der Waals surface area contributed by atoms with Crippen LogP contribution in [0.3, 0.4) is 0 Å². The van der Waals surface area contributed by atoms with Crippen LogP contribution in [-0.2, 0) is 6.54 Å². The Morgan fingerprint density at radius 3 is 2.67 bits per heavy atom. The summed E-state index contributed by atoms with van der Waals surface area (Å²) < 4.78 is 5.01. The van der Waals surface area contributed by atoms with Crippen LogP contribution in [0.2, 0.25) is 0 Å². The standard InChI is InChI=1S/C11H15N5O2/c1-5-8(7(3)18-16-5)4-13-11(17)10-9(12)6(2)14-15-10/h4,12H2,1-3H3,(H,13,17)(H,14,15). The summed E-state index contributed by atoms with van der Waals surface area (Å²) in [5.74, 6) is 0.371. The molecule has 0 aliphatic heterocycles. The molecule has 0 radical (unpaired) electrons. The molecular formula is C11H15N5O2. The second kappa shape index (κ2) is 4.52. The van der Waals surface area contributed by atoms with Crippen molar-refractivity contribution < 1.29 is 9.32 Å². The molecule has 0 fully saturated rings. The molecule has 0 aliphatic rings. The molecule has 2 rings (SSSR count). The number of aromatic amines is 1. The summed E-state index contributed by atoms with van der Waals surface area (Å²) in [5, 5.41) is 13.1. The highest BCUT2D eigenvalue weighted by Gasteiger charge is 2.16. The van der Waals surface area contributed by atoms with Gasteiger partial charge in [0.05, 0.1) is 17.1 Å². The van der Waals surface area contributed by atoms with Crippen LogP contribution in [-0.4, -0.2) is 21.3 Å². The molecule has 1 amide bonds. The number of nitrogens with one attached hydrogen (secondary N) is 2. The zero-order valence-electron chi connectivity index (χ0n) is 10.5. The average Bonchev–Trinajstić information content (AvgIpc) is 2.82. The van der Waals surface area contributed by atoms with Crippen LogP contribution in [0.1, 0.15) is 33.2 Å². The first-order chi connectivity index (χ1) is 8.50. The molecule has 4 N–H and O–H groups in total. The van der Waals surface area contributed by atoms with Crippen LogP contribution < -0.4 is 11.1 Å². The Bertz CT molecular complexity index is 565. The summed E-state index contributed by atoms with van der Waals surface area (Å²) in [6.45, 7) is 5.72. The van der Waals surface area contributed by atoms with Crippen LogP contribution in [0.25, 0.3) is 0 Å². The van der Waals surface area contributed by atoms with Crippen LogP contribution >= 0.6 is 0 Å². The Kier molecular flexibility index (Phi) is 3.05. The number of hydrogen-bond acceptors (Lipinski definition) is 5. The fourth-order valence-electron chi connectivity index (χ4n) is 1.62. The smallest absolute Gasteiger partial charge is 0.274 e. The predicted molar refractivity (Wildman–Crippen MR) is 64.9 cm³/mol. The molecule has 2 aromatic rings. The third-order valence-electron chi connectivity index (χ3n) is 2.82. The number of nitrogens with two attached hydrogens (primary N) is 1. The van der Waals surface area contributed by atoms with Crippen LogP contribution in [0.5, 0.6) is 0 Å². The maximum Gasteiger partial charge on any atom is 0.274 e. The molecule has 96 valence electrons. The summed E-state index contributed by atoms with van der Waals surface area (Å²) >= 11 is 0. The van der Waals surface area contributed by atoms with E-state index in [1.54, 1.807) is 13.8 Å². The molecule has 0 saturated heterocycles. The van der Waals surface area contributed by atoms with Gasteiger partial charge in [0.25, 0.3) is 5.91 Å². The fraction of sp³-hybridized carbons (Fsp3) is 0.364. The largest absolute Gasteiger partial charge is 0.395 e. The van der Waals surface area contributed by atoms with Crippen molar-refractivity contribution in [3.63, 3.8) is 0 Å². The van der Waals surface area contributed by atoms with E-state index in [2.05, 4.69) is 20.7 Å². The zero-order chi connectivity index (χ0) is 13.3. The second-order valence-corrected chi connectivity index (χ2v) is 4.10. The Balaban J connectivity index is 2.07. The number of rotatable bonds is 3. The van der Waals surface area contributed by atoms with Gasteiger partial charge >= 0.3 is 0 Å². The molecule has 0 unspecified atom stereocenters. The quantitative estimate of drug-likeness (QED) is 0.746. The van der Waals surface area contributed by atoms with Gasteiger partial charge in [-0.05, 0) is 20.8 Å². The van der Waals surface area contributed by atoms with Gasteiger partial charge in [-0.3, -0.25) is 9.89 Å².